The molecule has 0 aliphatic carbocycles. The van der Waals surface area contributed by atoms with Gasteiger partial charge in [-0.25, -0.2) is 0 Å². The molecule has 3 heteroatoms. The van der Waals surface area contributed by atoms with E-state index in [9.17, 15) is 0 Å². The summed E-state index contributed by atoms with van der Waals surface area (Å²) < 4.78 is 5.52. The Balaban J connectivity index is 1.93. The highest BCUT2D eigenvalue weighted by atomic mass is 79.9. The minimum atomic E-state index is 0.849. The van der Waals surface area contributed by atoms with Crippen LogP contribution in [0.25, 0.3) is 0 Å². The van der Waals surface area contributed by atoms with E-state index in [1.807, 2.05) is 17.8 Å². The van der Waals surface area contributed by atoms with Gasteiger partial charge >= 0.3 is 0 Å². The standard InChI is InChI=1S/C12H17BrOS/c13-8-4-5-9-14-10-11-15-12-6-2-1-3-7-12/h1-3,6-7H,4-5,8-11H2. The molecule has 0 aliphatic rings. The number of thioether (sulfide) groups is 1. The average Bonchev–Trinajstić information content (AvgIpc) is 2.29. The zero-order valence-electron chi connectivity index (χ0n) is 8.82. The van der Waals surface area contributed by atoms with E-state index in [1.165, 1.54) is 11.3 Å². The summed E-state index contributed by atoms with van der Waals surface area (Å²) in [6, 6.07) is 10.4. The summed E-state index contributed by atoms with van der Waals surface area (Å²) in [7, 11) is 0. The number of benzene rings is 1. The van der Waals surface area contributed by atoms with Crippen LogP contribution in [0.3, 0.4) is 0 Å². The minimum absolute atomic E-state index is 0.849. The maximum absolute atomic E-state index is 5.52. The maximum Gasteiger partial charge on any atom is 0.0560 e. The highest BCUT2D eigenvalue weighted by Crippen LogP contribution is 2.16. The number of hydrogen-bond donors (Lipinski definition) is 0. The average molecular weight is 289 g/mol. The van der Waals surface area contributed by atoms with E-state index >= 15 is 0 Å². The zero-order valence-corrected chi connectivity index (χ0v) is 11.2. The molecular formula is C12H17BrOS. The number of unbranched alkanes of at least 4 members (excludes halogenated alkanes) is 1. The molecule has 0 aliphatic heterocycles. The first-order chi connectivity index (χ1) is 7.43. The van der Waals surface area contributed by atoms with E-state index in [1.54, 1.807) is 0 Å². The third kappa shape index (κ3) is 6.98. The van der Waals surface area contributed by atoms with Crippen LogP contribution in [0, 0.1) is 0 Å². The van der Waals surface area contributed by atoms with Crippen LogP contribution in [-0.4, -0.2) is 24.3 Å². The van der Waals surface area contributed by atoms with Crippen LogP contribution < -0.4 is 0 Å². The summed E-state index contributed by atoms with van der Waals surface area (Å²) in [5, 5.41) is 1.08. The lowest BCUT2D eigenvalue weighted by atomic mass is 10.4. The Hall–Kier alpha value is 0.0100. The molecule has 0 heterocycles. The minimum Gasteiger partial charge on any atom is -0.381 e. The van der Waals surface area contributed by atoms with Gasteiger partial charge in [0.15, 0.2) is 0 Å². The molecule has 0 radical (unpaired) electrons. The van der Waals surface area contributed by atoms with Gasteiger partial charge in [-0.05, 0) is 25.0 Å². The zero-order chi connectivity index (χ0) is 10.8. The molecule has 0 bridgehead atoms. The Morgan fingerprint density at radius 1 is 1.07 bits per heavy atom. The SMILES string of the molecule is BrCCCCOCCSc1ccccc1. The van der Waals surface area contributed by atoms with Crippen molar-refractivity contribution in [3.8, 4) is 0 Å². The van der Waals surface area contributed by atoms with Gasteiger partial charge in [-0.1, -0.05) is 34.1 Å². The summed E-state index contributed by atoms with van der Waals surface area (Å²) >= 11 is 5.25. The van der Waals surface area contributed by atoms with Crippen LogP contribution in [-0.2, 0) is 4.74 Å². The molecule has 1 aromatic carbocycles. The monoisotopic (exact) mass is 288 g/mol. The summed E-state index contributed by atoms with van der Waals surface area (Å²) in [5.74, 6) is 1.04. The topological polar surface area (TPSA) is 9.23 Å². The van der Waals surface area contributed by atoms with E-state index < -0.39 is 0 Å². The van der Waals surface area contributed by atoms with Gasteiger partial charge in [-0.2, -0.15) is 0 Å². The molecule has 1 aromatic rings. The van der Waals surface area contributed by atoms with Gasteiger partial charge < -0.3 is 4.74 Å². The van der Waals surface area contributed by atoms with Crippen LogP contribution in [0.5, 0.6) is 0 Å². The molecule has 0 fully saturated rings. The lowest BCUT2D eigenvalue weighted by Crippen LogP contribution is -1.99. The Kier molecular flexibility index (Phi) is 8.07. The third-order valence-electron chi connectivity index (χ3n) is 1.91. The van der Waals surface area contributed by atoms with Gasteiger partial charge in [-0.3, -0.25) is 0 Å². The summed E-state index contributed by atoms with van der Waals surface area (Å²) in [6.07, 6.45) is 2.35. The highest BCUT2D eigenvalue weighted by Gasteiger charge is 1.92. The predicted octanol–water partition coefficient (Wildman–Crippen LogP) is 3.97. The first-order valence-corrected chi connectivity index (χ1v) is 7.36. The molecular weight excluding hydrogens is 272 g/mol. The number of hydrogen-bond acceptors (Lipinski definition) is 2. The van der Waals surface area contributed by atoms with E-state index in [2.05, 4.69) is 40.2 Å². The largest absolute Gasteiger partial charge is 0.381 e. The molecule has 0 N–H and O–H groups in total. The van der Waals surface area contributed by atoms with Crippen molar-refractivity contribution in [1.29, 1.82) is 0 Å². The quantitative estimate of drug-likeness (QED) is 0.407. The predicted molar refractivity (Wildman–Crippen MR) is 71.0 cm³/mol. The summed E-state index contributed by atoms with van der Waals surface area (Å²) in [4.78, 5) is 1.32. The molecule has 15 heavy (non-hydrogen) atoms. The molecule has 0 aromatic heterocycles. The van der Waals surface area contributed by atoms with Crippen molar-refractivity contribution >= 4 is 27.7 Å². The van der Waals surface area contributed by atoms with Crippen molar-refractivity contribution < 1.29 is 4.74 Å². The van der Waals surface area contributed by atoms with Crippen LogP contribution >= 0.6 is 27.7 Å². The number of rotatable bonds is 8. The Morgan fingerprint density at radius 3 is 2.60 bits per heavy atom. The number of halogens is 1. The molecule has 0 atom stereocenters. The van der Waals surface area contributed by atoms with Gasteiger partial charge in [0.2, 0.25) is 0 Å². The Morgan fingerprint density at radius 2 is 1.87 bits per heavy atom. The van der Waals surface area contributed by atoms with E-state index in [0.717, 1.165) is 30.7 Å². The first kappa shape index (κ1) is 13.1. The molecule has 1 nitrogen and oxygen atoms in total. The van der Waals surface area contributed by atoms with Crippen molar-refractivity contribution in [3.63, 3.8) is 0 Å². The summed E-state index contributed by atoms with van der Waals surface area (Å²) in [6.45, 7) is 1.74. The van der Waals surface area contributed by atoms with Gasteiger partial charge in [0.1, 0.15) is 0 Å². The molecule has 0 saturated heterocycles. The lowest BCUT2D eigenvalue weighted by Gasteiger charge is -2.03. The molecule has 0 unspecified atom stereocenters. The van der Waals surface area contributed by atoms with Gasteiger partial charge in [0.25, 0.3) is 0 Å². The lowest BCUT2D eigenvalue weighted by molar-refractivity contribution is 0.147. The summed E-state index contributed by atoms with van der Waals surface area (Å²) in [5.41, 5.74) is 0. The fraction of sp³-hybridized carbons (Fsp3) is 0.500. The van der Waals surface area contributed by atoms with Crippen LogP contribution in [0.4, 0.5) is 0 Å². The second-order valence-electron chi connectivity index (χ2n) is 3.17. The van der Waals surface area contributed by atoms with Gasteiger partial charge in [0, 0.05) is 22.6 Å². The van der Waals surface area contributed by atoms with Crippen molar-refractivity contribution in [1.82, 2.24) is 0 Å². The van der Waals surface area contributed by atoms with Crippen LogP contribution in [0.2, 0.25) is 0 Å². The van der Waals surface area contributed by atoms with Crippen molar-refractivity contribution in [2.45, 2.75) is 17.7 Å². The second-order valence-corrected chi connectivity index (χ2v) is 5.13. The molecule has 0 spiro atoms. The number of ether oxygens (including phenoxy) is 1. The Labute approximate surface area is 105 Å². The van der Waals surface area contributed by atoms with E-state index in [4.69, 9.17) is 4.74 Å². The molecule has 1 rings (SSSR count). The molecule has 0 saturated carbocycles. The maximum atomic E-state index is 5.52. The third-order valence-corrected chi connectivity index (χ3v) is 3.45. The van der Waals surface area contributed by atoms with E-state index in [0.29, 0.717) is 0 Å². The van der Waals surface area contributed by atoms with Gasteiger partial charge in [0.05, 0.1) is 6.61 Å². The van der Waals surface area contributed by atoms with Gasteiger partial charge in [-0.15, -0.1) is 11.8 Å². The van der Waals surface area contributed by atoms with Crippen molar-refractivity contribution in [2.24, 2.45) is 0 Å². The fourth-order valence-corrected chi connectivity index (χ4v) is 2.32. The molecule has 84 valence electrons. The molecule has 0 amide bonds. The van der Waals surface area contributed by atoms with Crippen molar-refractivity contribution in [2.75, 3.05) is 24.3 Å². The normalized spacial score (nSPS) is 10.5. The Bertz CT molecular complexity index is 241. The number of alkyl halides is 1. The smallest absolute Gasteiger partial charge is 0.0560 e. The van der Waals surface area contributed by atoms with E-state index in [-0.39, 0.29) is 0 Å². The first-order valence-electron chi connectivity index (χ1n) is 5.25. The highest BCUT2D eigenvalue weighted by molar-refractivity contribution is 9.09. The van der Waals surface area contributed by atoms with Crippen molar-refractivity contribution in [3.05, 3.63) is 30.3 Å². The second kappa shape index (κ2) is 9.25. The van der Waals surface area contributed by atoms with Crippen LogP contribution in [0.1, 0.15) is 12.8 Å². The van der Waals surface area contributed by atoms with Crippen LogP contribution in [0.15, 0.2) is 35.2 Å². The fourth-order valence-electron chi connectivity index (χ4n) is 1.14.